The van der Waals surface area contributed by atoms with Crippen molar-refractivity contribution in [2.75, 3.05) is 5.32 Å². The van der Waals surface area contributed by atoms with Crippen molar-refractivity contribution in [1.82, 2.24) is 10.2 Å². The fourth-order valence-electron chi connectivity index (χ4n) is 2.53. The van der Waals surface area contributed by atoms with E-state index in [0.717, 1.165) is 22.0 Å². The number of anilines is 1. The molecule has 1 amide bonds. The van der Waals surface area contributed by atoms with E-state index in [9.17, 15) is 4.79 Å². The molecule has 3 aromatic carbocycles. The Labute approximate surface area is 138 Å². The van der Waals surface area contributed by atoms with Crippen molar-refractivity contribution in [3.05, 3.63) is 78.7 Å². The number of nitrogens with zero attached hydrogens (tertiary/aromatic N) is 2. The van der Waals surface area contributed by atoms with E-state index in [1.165, 1.54) is 6.39 Å². The lowest BCUT2D eigenvalue weighted by atomic mass is 10.1. The first kappa shape index (κ1) is 14.1. The van der Waals surface area contributed by atoms with Crippen molar-refractivity contribution in [1.29, 1.82) is 0 Å². The zero-order chi connectivity index (χ0) is 16.4. The maximum Gasteiger partial charge on any atom is 0.255 e. The van der Waals surface area contributed by atoms with Crippen LogP contribution in [0.4, 0.5) is 5.69 Å². The molecule has 0 aliphatic heterocycles. The van der Waals surface area contributed by atoms with Gasteiger partial charge in [-0.05, 0) is 47.2 Å². The van der Waals surface area contributed by atoms with E-state index in [4.69, 9.17) is 4.42 Å². The minimum absolute atomic E-state index is 0.164. The molecule has 0 atom stereocenters. The molecule has 24 heavy (non-hydrogen) atoms. The molecule has 1 aromatic heterocycles. The summed E-state index contributed by atoms with van der Waals surface area (Å²) in [7, 11) is 0. The molecule has 0 spiro atoms. The van der Waals surface area contributed by atoms with Gasteiger partial charge in [0, 0.05) is 16.8 Å². The average Bonchev–Trinajstić information content (AvgIpc) is 3.16. The van der Waals surface area contributed by atoms with Crippen LogP contribution in [0.1, 0.15) is 10.4 Å². The van der Waals surface area contributed by atoms with E-state index in [1.807, 2.05) is 42.5 Å². The molecule has 0 radical (unpaired) electrons. The topological polar surface area (TPSA) is 68.0 Å². The van der Waals surface area contributed by atoms with E-state index in [2.05, 4.69) is 15.5 Å². The molecular formula is C19H13N3O2. The Morgan fingerprint density at radius 2 is 1.71 bits per heavy atom. The van der Waals surface area contributed by atoms with Crippen molar-refractivity contribution >= 4 is 22.4 Å². The summed E-state index contributed by atoms with van der Waals surface area (Å²) in [5.74, 6) is 0.263. The van der Waals surface area contributed by atoms with Crippen LogP contribution in [-0.4, -0.2) is 16.1 Å². The van der Waals surface area contributed by atoms with Gasteiger partial charge in [-0.3, -0.25) is 4.79 Å². The zero-order valence-corrected chi connectivity index (χ0v) is 12.6. The highest BCUT2D eigenvalue weighted by atomic mass is 16.4. The monoisotopic (exact) mass is 315 g/mol. The molecule has 5 heteroatoms. The number of hydrogen-bond donors (Lipinski definition) is 1. The maximum absolute atomic E-state index is 12.4. The van der Waals surface area contributed by atoms with Crippen LogP contribution in [0.3, 0.4) is 0 Å². The van der Waals surface area contributed by atoms with E-state index in [1.54, 1.807) is 24.3 Å². The smallest absolute Gasteiger partial charge is 0.255 e. The van der Waals surface area contributed by atoms with Crippen LogP contribution in [0.15, 0.2) is 77.5 Å². The van der Waals surface area contributed by atoms with Crippen molar-refractivity contribution in [2.24, 2.45) is 0 Å². The van der Waals surface area contributed by atoms with Gasteiger partial charge in [-0.1, -0.05) is 30.3 Å². The minimum atomic E-state index is -0.164. The molecule has 0 aliphatic rings. The molecule has 0 saturated carbocycles. The number of nitrogens with one attached hydrogen (secondary N) is 1. The molecule has 1 N–H and O–H groups in total. The molecule has 0 bridgehead atoms. The van der Waals surface area contributed by atoms with Crippen LogP contribution in [0.5, 0.6) is 0 Å². The summed E-state index contributed by atoms with van der Waals surface area (Å²) in [6.07, 6.45) is 1.27. The van der Waals surface area contributed by atoms with Crippen molar-refractivity contribution in [3.8, 4) is 11.5 Å². The minimum Gasteiger partial charge on any atom is -0.423 e. The summed E-state index contributed by atoms with van der Waals surface area (Å²) >= 11 is 0. The van der Waals surface area contributed by atoms with Gasteiger partial charge in [0.2, 0.25) is 12.3 Å². The van der Waals surface area contributed by atoms with Gasteiger partial charge in [-0.15, -0.1) is 10.2 Å². The number of amides is 1. The number of aromatic nitrogens is 2. The molecular weight excluding hydrogens is 302 g/mol. The van der Waals surface area contributed by atoms with Crippen LogP contribution < -0.4 is 5.32 Å². The Balaban J connectivity index is 1.54. The van der Waals surface area contributed by atoms with Crippen LogP contribution in [-0.2, 0) is 0 Å². The predicted molar refractivity (Wildman–Crippen MR) is 91.6 cm³/mol. The molecule has 0 fully saturated rings. The second-order valence-electron chi connectivity index (χ2n) is 5.34. The molecule has 4 rings (SSSR count). The van der Waals surface area contributed by atoms with Gasteiger partial charge in [0.25, 0.3) is 5.91 Å². The van der Waals surface area contributed by atoms with Crippen LogP contribution in [0.25, 0.3) is 22.2 Å². The molecule has 0 unspecified atom stereocenters. The van der Waals surface area contributed by atoms with Crippen LogP contribution in [0, 0.1) is 0 Å². The summed E-state index contributed by atoms with van der Waals surface area (Å²) in [6.45, 7) is 0. The zero-order valence-electron chi connectivity index (χ0n) is 12.6. The van der Waals surface area contributed by atoms with Gasteiger partial charge < -0.3 is 9.73 Å². The molecule has 0 aliphatic carbocycles. The van der Waals surface area contributed by atoms with E-state index in [-0.39, 0.29) is 5.91 Å². The number of carbonyl (C=O) groups excluding carboxylic acids is 1. The van der Waals surface area contributed by atoms with Crippen molar-refractivity contribution in [3.63, 3.8) is 0 Å². The second-order valence-corrected chi connectivity index (χ2v) is 5.34. The molecule has 5 nitrogen and oxygen atoms in total. The fourth-order valence-corrected chi connectivity index (χ4v) is 2.53. The van der Waals surface area contributed by atoms with Gasteiger partial charge in [0.15, 0.2) is 0 Å². The average molecular weight is 315 g/mol. The third kappa shape index (κ3) is 2.75. The first-order valence-electron chi connectivity index (χ1n) is 7.46. The van der Waals surface area contributed by atoms with E-state index in [0.29, 0.717) is 11.5 Å². The van der Waals surface area contributed by atoms with Gasteiger partial charge in [-0.25, -0.2) is 0 Å². The summed E-state index contributed by atoms with van der Waals surface area (Å²) in [6, 6.07) is 20.9. The summed E-state index contributed by atoms with van der Waals surface area (Å²) < 4.78 is 5.13. The Morgan fingerprint density at radius 3 is 2.46 bits per heavy atom. The standard InChI is InChI=1S/C19H13N3O2/c23-18(14-5-7-15(8-6-14)19-22-20-12-24-19)21-17-10-9-13-3-1-2-4-16(13)11-17/h1-12H,(H,21,23). The van der Waals surface area contributed by atoms with Crippen molar-refractivity contribution < 1.29 is 9.21 Å². The first-order chi connectivity index (χ1) is 11.8. The van der Waals surface area contributed by atoms with Crippen LogP contribution >= 0.6 is 0 Å². The highest BCUT2D eigenvalue weighted by Gasteiger charge is 2.08. The molecule has 4 aromatic rings. The highest BCUT2D eigenvalue weighted by Crippen LogP contribution is 2.20. The fraction of sp³-hybridized carbons (Fsp3) is 0. The Hall–Kier alpha value is -3.47. The number of carbonyl (C=O) groups is 1. The Kier molecular flexibility index (Phi) is 3.51. The lowest BCUT2D eigenvalue weighted by Gasteiger charge is -2.07. The van der Waals surface area contributed by atoms with Gasteiger partial charge >= 0.3 is 0 Å². The number of hydrogen-bond acceptors (Lipinski definition) is 4. The molecule has 116 valence electrons. The van der Waals surface area contributed by atoms with Gasteiger partial charge in [-0.2, -0.15) is 0 Å². The first-order valence-corrected chi connectivity index (χ1v) is 7.46. The number of fused-ring (bicyclic) bond motifs is 1. The molecule has 0 saturated heterocycles. The van der Waals surface area contributed by atoms with Gasteiger partial charge in [0.05, 0.1) is 0 Å². The SMILES string of the molecule is O=C(Nc1ccc2ccccc2c1)c1ccc(-c2nnco2)cc1. The predicted octanol–water partition coefficient (Wildman–Crippen LogP) is 4.14. The summed E-state index contributed by atoms with van der Waals surface area (Å²) in [4.78, 5) is 12.4. The summed E-state index contributed by atoms with van der Waals surface area (Å²) in [5, 5.41) is 12.6. The lowest BCUT2D eigenvalue weighted by molar-refractivity contribution is 0.102. The quantitative estimate of drug-likeness (QED) is 0.617. The highest BCUT2D eigenvalue weighted by molar-refractivity contribution is 6.05. The van der Waals surface area contributed by atoms with E-state index < -0.39 is 0 Å². The van der Waals surface area contributed by atoms with Gasteiger partial charge in [0.1, 0.15) is 0 Å². The third-order valence-electron chi connectivity index (χ3n) is 3.76. The molecule has 1 heterocycles. The maximum atomic E-state index is 12.4. The number of benzene rings is 3. The van der Waals surface area contributed by atoms with Crippen LogP contribution in [0.2, 0.25) is 0 Å². The number of rotatable bonds is 3. The normalized spacial score (nSPS) is 10.7. The largest absolute Gasteiger partial charge is 0.423 e. The third-order valence-corrected chi connectivity index (χ3v) is 3.76. The van der Waals surface area contributed by atoms with Crippen molar-refractivity contribution in [2.45, 2.75) is 0 Å². The second kappa shape index (κ2) is 5.96. The Morgan fingerprint density at radius 1 is 0.917 bits per heavy atom. The Bertz CT molecular complexity index is 993. The van der Waals surface area contributed by atoms with E-state index >= 15 is 0 Å². The summed E-state index contributed by atoms with van der Waals surface area (Å²) in [5.41, 5.74) is 2.10. The lowest BCUT2D eigenvalue weighted by Crippen LogP contribution is -2.11.